The van der Waals surface area contributed by atoms with Gasteiger partial charge in [-0.05, 0) is 5.56 Å². The SMILES string of the molecule is O=C(CO)N[C@H]1CN(CCC(F)(F)F)C[C@@H]1c1ccccc1. The number of carbonyl (C=O) groups excluding carboxylic acids is 1. The summed E-state index contributed by atoms with van der Waals surface area (Å²) in [7, 11) is 0. The van der Waals surface area contributed by atoms with Gasteiger partial charge >= 0.3 is 6.18 Å². The number of hydrogen-bond donors (Lipinski definition) is 2. The van der Waals surface area contributed by atoms with Gasteiger partial charge in [0.1, 0.15) is 6.61 Å². The molecule has 122 valence electrons. The standard InChI is InChI=1S/C15H19F3N2O2/c16-15(17,18)6-7-20-8-12(11-4-2-1-3-5-11)13(9-20)19-14(22)10-21/h1-5,12-13,21H,6-10H2,(H,19,22)/t12-,13+/m1/s1. The Hall–Kier alpha value is -1.60. The topological polar surface area (TPSA) is 52.6 Å². The molecule has 0 bridgehead atoms. The third kappa shape index (κ3) is 4.71. The number of benzene rings is 1. The maximum atomic E-state index is 12.4. The molecule has 1 aromatic rings. The van der Waals surface area contributed by atoms with Crippen LogP contribution in [0.15, 0.2) is 30.3 Å². The van der Waals surface area contributed by atoms with Gasteiger partial charge in [-0.2, -0.15) is 13.2 Å². The average Bonchev–Trinajstić information content (AvgIpc) is 2.88. The molecular formula is C15H19F3N2O2. The van der Waals surface area contributed by atoms with Crippen LogP contribution in [0.3, 0.4) is 0 Å². The van der Waals surface area contributed by atoms with Crippen molar-refractivity contribution in [2.45, 2.75) is 24.6 Å². The largest absolute Gasteiger partial charge is 0.390 e. The molecule has 2 atom stereocenters. The Bertz CT molecular complexity index is 493. The van der Waals surface area contributed by atoms with Crippen LogP contribution in [0.2, 0.25) is 0 Å². The van der Waals surface area contributed by atoms with Crippen molar-refractivity contribution in [3.63, 3.8) is 0 Å². The number of rotatable bonds is 5. The highest BCUT2D eigenvalue weighted by Crippen LogP contribution is 2.29. The number of aliphatic hydroxyl groups is 1. The van der Waals surface area contributed by atoms with Gasteiger partial charge in [-0.1, -0.05) is 30.3 Å². The fourth-order valence-corrected chi connectivity index (χ4v) is 2.79. The number of nitrogens with one attached hydrogen (secondary N) is 1. The monoisotopic (exact) mass is 316 g/mol. The number of alkyl halides is 3. The van der Waals surface area contributed by atoms with Gasteiger partial charge in [0, 0.05) is 31.6 Å². The summed E-state index contributed by atoms with van der Waals surface area (Å²) in [5.74, 6) is -0.589. The van der Waals surface area contributed by atoms with Crippen LogP contribution >= 0.6 is 0 Å². The van der Waals surface area contributed by atoms with Crippen LogP contribution in [0, 0.1) is 0 Å². The zero-order chi connectivity index (χ0) is 16.2. The van der Waals surface area contributed by atoms with Crippen molar-refractivity contribution in [3.8, 4) is 0 Å². The molecule has 4 nitrogen and oxygen atoms in total. The Morgan fingerprint density at radius 3 is 2.55 bits per heavy atom. The number of hydrogen-bond acceptors (Lipinski definition) is 3. The molecular weight excluding hydrogens is 297 g/mol. The minimum absolute atomic E-state index is 0.0788. The maximum absolute atomic E-state index is 12.4. The smallest absolute Gasteiger partial charge is 0.387 e. The molecule has 1 heterocycles. The minimum Gasteiger partial charge on any atom is -0.387 e. The van der Waals surface area contributed by atoms with Crippen LogP contribution < -0.4 is 5.32 Å². The van der Waals surface area contributed by atoms with Crippen LogP contribution in [0.25, 0.3) is 0 Å². The van der Waals surface area contributed by atoms with Crippen molar-refractivity contribution in [2.75, 3.05) is 26.2 Å². The number of aliphatic hydroxyl groups excluding tert-OH is 1. The number of carbonyl (C=O) groups is 1. The fraction of sp³-hybridized carbons (Fsp3) is 0.533. The van der Waals surface area contributed by atoms with E-state index < -0.39 is 25.1 Å². The Balaban J connectivity index is 2.05. The second kappa shape index (κ2) is 7.11. The van der Waals surface area contributed by atoms with E-state index >= 15 is 0 Å². The molecule has 0 aliphatic carbocycles. The lowest BCUT2D eigenvalue weighted by Crippen LogP contribution is -2.41. The van der Waals surface area contributed by atoms with Gasteiger partial charge in [-0.15, -0.1) is 0 Å². The van der Waals surface area contributed by atoms with E-state index in [9.17, 15) is 18.0 Å². The van der Waals surface area contributed by atoms with Gasteiger partial charge in [-0.25, -0.2) is 0 Å². The second-order valence-electron chi connectivity index (χ2n) is 5.47. The molecule has 22 heavy (non-hydrogen) atoms. The van der Waals surface area contributed by atoms with Gasteiger partial charge in [0.2, 0.25) is 5.91 Å². The van der Waals surface area contributed by atoms with Gasteiger partial charge in [-0.3, -0.25) is 4.79 Å². The number of likely N-dealkylation sites (tertiary alicyclic amines) is 1. The molecule has 1 aromatic carbocycles. The Morgan fingerprint density at radius 2 is 1.95 bits per heavy atom. The van der Waals surface area contributed by atoms with Crippen molar-refractivity contribution in [1.82, 2.24) is 10.2 Å². The predicted octanol–water partition coefficient (Wildman–Crippen LogP) is 1.52. The predicted molar refractivity (Wildman–Crippen MR) is 75.3 cm³/mol. The zero-order valence-corrected chi connectivity index (χ0v) is 12.0. The first kappa shape index (κ1) is 16.8. The molecule has 0 radical (unpaired) electrons. The molecule has 0 spiro atoms. The minimum atomic E-state index is -4.19. The molecule has 1 aliphatic heterocycles. The van der Waals surface area contributed by atoms with Crippen molar-refractivity contribution in [2.24, 2.45) is 0 Å². The first-order chi connectivity index (χ1) is 10.4. The van der Waals surface area contributed by atoms with E-state index in [1.807, 2.05) is 30.3 Å². The number of halogens is 3. The average molecular weight is 316 g/mol. The normalized spacial score (nSPS) is 22.7. The van der Waals surface area contributed by atoms with E-state index in [2.05, 4.69) is 5.32 Å². The molecule has 1 aliphatic rings. The lowest BCUT2D eigenvalue weighted by atomic mass is 9.94. The highest BCUT2D eigenvalue weighted by molar-refractivity contribution is 5.77. The van der Waals surface area contributed by atoms with Crippen LogP contribution in [-0.4, -0.2) is 54.4 Å². The summed E-state index contributed by atoms with van der Waals surface area (Å²) < 4.78 is 37.1. The van der Waals surface area contributed by atoms with Gasteiger partial charge in [0.25, 0.3) is 0 Å². The van der Waals surface area contributed by atoms with E-state index in [4.69, 9.17) is 5.11 Å². The Labute approximate surface area is 126 Å². The maximum Gasteiger partial charge on any atom is 0.390 e. The highest BCUT2D eigenvalue weighted by Gasteiger charge is 2.36. The third-order valence-electron chi connectivity index (χ3n) is 3.82. The van der Waals surface area contributed by atoms with E-state index in [-0.39, 0.29) is 18.5 Å². The van der Waals surface area contributed by atoms with Crippen molar-refractivity contribution in [1.29, 1.82) is 0 Å². The molecule has 0 saturated carbocycles. The van der Waals surface area contributed by atoms with Crippen molar-refractivity contribution < 1.29 is 23.1 Å². The fourth-order valence-electron chi connectivity index (χ4n) is 2.79. The summed E-state index contributed by atoms with van der Waals surface area (Å²) in [6.07, 6.45) is -5.05. The van der Waals surface area contributed by atoms with Gasteiger partial charge < -0.3 is 15.3 Å². The molecule has 2 N–H and O–H groups in total. The second-order valence-corrected chi connectivity index (χ2v) is 5.47. The highest BCUT2D eigenvalue weighted by atomic mass is 19.4. The molecule has 0 aromatic heterocycles. The molecule has 2 rings (SSSR count). The van der Waals surface area contributed by atoms with E-state index in [0.29, 0.717) is 13.1 Å². The summed E-state index contributed by atoms with van der Waals surface area (Å²) >= 11 is 0. The van der Waals surface area contributed by atoms with E-state index in [1.54, 1.807) is 4.90 Å². The summed E-state index contributed by atoms with van der Waals surface area (Å²) in [6.45, 7) is 0.0940. The Morgan fingerprint density at radius 1 is 1.27 bits per heavy atom. The lowest BCUT2D eigenvalue weighted by molar-refractivity contribution is -0.137. The summed E-state index contributed by atoms with van der Waals surface area (Å²) in [5, 5.41) is 11.5. The Kier molecular flexibility index (Phi) is 5.42. The van der Waals surface area contributed by atoms with Gasteiger partial charge in [0.15, 0.2) is 0 Å². The quantitative estimate of drug-likeness (QED) is 0.866. The molecule has 7 heteroatoms. The van der Waals surface area contributed by atoms with E-state index in [0.717, 1.165) is 5.56 Å². The summed E-state index contributed by atoms with van der Waals surface area (Å²) in [6, 6.07) is 9.08. The number of nitrogens with zero attached hydrogens (tertiary/aromatic N) is 1. The molecule has 0 unspecified atom stereocenters. The molecule has 1 saturated heterocycles. The summed E-state index contributed by atoms with van der Waals surface area (Å²) in [5.41, 5.74) is 0.972. The molecule has 1 fully saturated rings. The summed E-state index contributed by atoms with van der Waals surface area (Å²) in [4.78, 5) is 13.1. The van der Waals surface area contributed by atoms with Crippen molar-refractivity contribution in [3.05, 3.63) is 35.9 Å². The van der Waals surface area contributed by atoms with Crippen LogP contribution in [-0.2, 0) is 4.79 Å². The first-order valence-corrected chi connectivity index (χ1v) is 7.13. The van der Waals surface area contributed by atoms with Gasteiger partial charge in [0.05, 0.1) is 6.42 Å². The third-order valence-corrected chi connectivity index (χ3v) is 3.82. The number of amides is 1. The zero-order valence-electron chi connectivity index (χ0n) is 12.0. The van der Waals surface area contributed by atoms with Crippen LogP contribution in [0.4, 0.5) is 13.2 Å². The first-order valence-electron chi connectivity index (χ1n) is 7.13. The van der Waals surface area contributed by atoms with Crippen LogP contribution in [0.1, 0.15) is 17.9 Å². The van der Waals surface area contributed by atoms with Crippen molar-refractivity contribution >= 4 is 5.91 Å². The lowest BCUT2D eigenvalue weighted by Gasteiger charge is -2.19. The molecule has 1 amide bonds. The van der Waals surface area contributed by atoms with E-state index in [1.165, 1.54) is 0 Å². The van der Waals surface area contributed by atoms with Crippen LogP contribution in [0.5, 0.6) is 0 Å².